The molecule has 2 aromatic heterocycles. The smallest absolute Gasteiger partial charge is 0.220 e. The Morgan fingerprint density at radius 1 is 0.526 bits per heavy atom. The molecule has 280 valence electrons. The van der Waals surface area contributed by atoms with Gasteiger partial charge in [-0.1, -0.05) is 172 Å². The van der Waals surface area contributed by atoms with Crippen LogP contribution in [0.25, 0.3) is 33.5 Å². The molecular formula is C50H47N3OSi3. The van der Waals surface area contributed by atoms with Crippen molar-refractivity contribution >= 4 is 72.8 Å². The highest BCUT2D eigenvalue weighted by atomic mass is 28.4. The van der Waals surface area contributed by atoms with E-state index >= 15 is 0 Å². The fourth-order valence-electron chi connectivity index (χ4n) is 9.27. The van der Waals surface area contributed by atoms with Crippen molar-refractivity contribution in [2.24, 2.45) is 0 Å². The molecule has 1 aliphatic rings. The number of imidazole rings is 2. The van der Waals surface area contributed by atoms with Crippen molar-refractivity contribution in [2.75, 3.05) is 0 Å². The Balaban J connectivity index is 1.47. The summed E-state index contributed by atoms with van der Waals surface area (Å²) in [6, 6.07) is 50.5. The number of ether oxygens (including phenoxy) is 1. The van der Waals surface area contributed by atoms with Crippen LogP contribution in [0.4, 0.5) is 0 Å². The summed E-state index contributed by atoms with van der Waals surface area (Å²) in [5.41, 5.74) is 2.42. The highest BCUT2D eigenvalue weighted by Crippen LogP contribution is 2.56. The second kappa shape index (κ2) is 12.9. The van der Waals surface area contributed by atoms with Crippen molar-refractivity contribution in [3.8, 4) is 17.2 Å². The Hall–Kier alpha value is -5.74. The van der Waals surface area contributed by atoms with Crippen LogP contribution < -0.4 is 25.5 Å². The number of nitrogens with zero attached hydrogens (tertiary/aromatic N) is 3. The van der Waals surface area contributed by atoms with E-state index in [0.717, 1.165) is 34.2 Å². The lowest BCUT2D eigenvalue weighted by Gasteiger charge is -2.55. The van der Waals surface area contributed by atoms with E-state index in [1.165, 1.54) is 24.3 Å². The lowest BCUT2D eigenvalue weighted by Crippen LogP contribution is -2.75. The molecule has 0 saturated heterocycles. The first kappa shape index (κ1) is 21.1. The highest BCUT2D eigenvalue weighted by molar-refractivity contribution is 7.20. The normalized spacial score (nSPS) is 20.1. The van der Waals surface area contributed by atoms with Crippen molar-refractivity contribution in [2.45, 2.75) is 43.5 Å². The van der Waals surface area contributed by atoms with Crippen LogP contribution in [-0.2, 0) is 4.66 Å². The van der Waals surface area contributed by atoms with E-state index in [4.69, 9.17) is 9.72 Å². The van der Waals surface area contributed by atoms with Gasteiger partial charge in [0, 0.05) is 40.6 Å². The van der Waals surface area contributed by atoms with Crippen molar-refractivity contribution < 1.29 is 29.4 Å². The van der Waals surface area contributed by atoms with Crippen LogP contribution in [0.5, 0.6) is 11.5 Å². The van der Waals surface area contributed by atoms with Crippen LogP contribution in [0.3, 0.4) is 0 Å². The first-order chi connectivity index (χ1) is 35.1. The molecule has 0 atom stereocenters. The van der Waals surface area contributed by atoms with Crippen LogP contribution in [0.15, 0.2) is 176 Å². The predicted molar refractivity (Wildman–Crippen MR) is 247 cm³/mol. The Morgan fingerprint density at radius 2 is 1.09 bits per heavy atom. The van der Waals surface area contributed by atoms with Gasteiger partial charge in [-0.05, 0) is 68.8 Å². The topological polar surface area (TPSA) is 31.5 Å². The maximum atomic E-state index is 9.41. The van der Waals surface area contributed by atoms with E-state index in [2.05, 4.69) is 4.40 Å². The molecule has 3 heterocycles. The molecule has 0 N–H and O–H groups in total. The number of fused-ring (bicyclic) bond motifs is 7. The molecule has 7 aromatic carbocycles. The monoisotopic (exact) mass is 807 g/mol. The van der Waals surface area contributed by atoms with Gasteiger partial charge >= 0.3 is 0 Å². The van der Waals surface area contributed by atoms with E-state index in [9.17, 15) is 24.7 Å². The van der Waals surface area contributed by atoms with Gasteiger partial charge in [0.15, 0.2) is 8.07 Å². The van der Waals surface area contributed by atoms with Gasteiger partial charge in [0.1, 0.15) is 11.5 Å². The van der Waals surface area contributed by atoms with Gasteiger partial charge in [-0.2, -0.15) is 0 Å². The molecule has 0 spiro atoms. The molecule has 4 nitrogen and oxygen atoms in total. The van der Waals surface area contributed by atoms with Gasteiger partial charge in [0.2, 0.25) is 5.78 Å². The molecular weight excluding hydrogens is 743 g/mol. The SMILES string of the molecule is [2H]C([2H])([2H])[Si](C([2H])([2H])[2H])(C([2H])([2H])[2H])C1([Si](C([2H])([2H])[2H])(C([2H])([2H])[2H])C([2H])([2H])[2H])c2ccccc2Oc2c1cccc2[Si](c1ccccc1)(c1ccccc1)c1cccc(-n2c3ccccc3n3c4ccccc4nc23)c1. The standard InChI is InChI=1S/C50H47N3OSi3/c1-55(2,3)50(56(4,5)6)40-27-13-18-33-46(40)54-48-41(50)28-20-34-47(48)57(37-22-9-7-10-23-37,38-24-11-8-12-25-38)39-26-19-21-36(35-39)52-44-31-16-17-32-45(44)53-43-30-15-14-29-42(43)51-49(52)53/h7-35H,1-6H3/i1D3,2D3,3D3,4D3,5D3,6D3. The zero-order chi connectivity index (χ0) is 54.2. The molecule has 0 unspecified atom stereocenters. The third-order valence-corrected chi connectivity index (χ3v) is 21.9. The summed E-state index contributed by atoms with van der Waals surface area (Å²) >= 11 is 0. The Bertz CT molecular complexity index is 3490. The van der Waals surface area contributed by atoms with E-state index in [1.54, 1.807) is 18.2 Å². The van der Waals surface area contributed by atoms with E-state index < -0.39 is 90.4 Å². The maximum Gasteiger partial charge on any atom is 0.220 e. The van der Waals surface area contributed by atoms with Gasteiger partial charge in [-0.15, -0.1) is 0 Å². The van der Waals surface area contributed by atoms with E-state index in [-0.39, 0.29) is 5.19 Å². The number of aromatic nitrogens is 3. The zero-order valence-corrected chi connectivity index (χ0v) is 33.5. The summed E-state index contributed by atoms with van der Waals surface area (Å²) in [5.74, 6) is -0.325. The average molecular weight is 808 g/mol. The number of hydrogen-bond donors (Lipinski definition) is 0. The lowest BCUT2D eigenvalue weighted by molar-refractivity contribution is 0.452. The number of rotatable bonds is 7. The maximum absolute atomic E-state index is 9.41. The van der Waals surface area contributed by atoms with Crippen LogP contribution in [0.1, 0.15) is 35.8 Å². The minimum atomic E-state index is -7.14. The predicted octanol–water partition coefficient (Wildman–Crippen LogP) is 9.96. The van der Waals surface area contributed by atoms with Crippen LogP contribution in [-0.4, -0.2) is 38.2 Å². The molecule has 9 aromatic rings. The molecule has 0 saturated carbocycles. The quantitative estimate of drug-likeness (QED) is 0.119. The minimum Gasteiger partial charge on any atom is -0.457 e. The third kappa shape index (κ3) is 4.98. The third-order valence-electron chi connectivity index (χ3n) is 11.5. The first-order valence-corrected chi connectivity index (χ1v) is 24.6. The van der Waals surface area contributed by atoms with Gasteiger partial charge in [0.25, 0.3) is 0 Å². The van der Waals surface area contributed by atoms with Crippen molar-refractivity contribution in [3.05, 3.63) is 187 Å². The van der Waals surface area contributed by atoms with Gasteiger partial charge in [-0.25, -0.2) is 4.98 Å². The summed E-state index contributed by atoms with van der Waals surface area (Å²) in [7, 11) is -18.5. The second-order valence-electron chi connectivity index (χ2n) is 14.6. The Kier molecular flexibility index (Phi) is 4.78. The molecule has 1 aliphatic heterocycles. The molecule has 7 heteroatoms. The van der Waals surface area contributed by atoms with Crippen LogP contribution in [0, 0.1) is 0 Å². The summed E-state index contributed by atoms with van der Waals surface area (Å²) in [6.07, 6.45) is 0. The van der Waals surface area contributed by atoms with E-state index in [0.29, 0.717) is 27.0 Å². The van der Waals surface area contributed by atoms with Gasteiger partial charge in [0.05, 0.1) is 38.2 Å². The second-order valence-corrected chi connectivity index (χ2v) is 23.4. The molecule has 0 aliphatic carbocycles. The van der Waals surface area contributed by atoms with Crippen LogP contribution in [0.2, 0.25) is 38.9 Å². The molecule has 10 rings (SSSR count). The Labute approximate surface area is 363 Å². The average Bonchev–Trinajstić information content (AvgIpc) is 3.85. The summed E-state index contributed by atoms with van der Waals surface area (Å²) in [5, 5.41) is 2.13. The molecule has 0 amide bonds. The van der Waals surface area contributed by atoms with Crippen molar-refractivity contribution in [3.63, 3.8) is 0 Å². The molecule has 0 radical (unpaired) electrons. The molecule has 0 bridgehead atoms. The Morgan fingerprint density at radius 3 is 1.79 bits per heavy atom. The van der Waals surface area contributed by atoms with E-state index in [1.807, 2.05) is 126 Å². The number of para-hydroxylation sites is 6. The highest BCUT2D eigenvalue weighted by Gasteiger charge is 2.60. The first-order valence-electron chi connectivity index (χ1n) is 27.6. The molecule has 0 fully saturated rings. The summed E-state index contributed by atoms with van der Waals surface area (Å²) in [4.78, 5) is 5.10. The number of benzene rings is 7. The van der Waals surface area contributed by atoms with Crippen molar-refractivity contribution in [1.29, 1.82) is 0 Å². The fraction of sp³-hybridized carbons (Fsp3) is 0.140. The summed E-state index contributed by atoms with van der Waals surface area (Å²) in [6.45, 7) is -25.4. The number of hydrogen-bond acceptors (Lipinski definition) is 2. The lowest BCUT2D eigenvalue weighted by atomic mass is 9.98. The largest absolute Gasteiger partial charge is 0.457 e. The molecule has 57 heavy (non-hydrogen) atoms. The van der Waals surface area contributed by atoms with Gasteiger partial charge < -0.3 is 4.74 Å². The van der Waals surface area contributed by atoms with Crippen molar-refractivity contribution in [1.82, 2.24) is 14.0 Å². The van der Waals surface area contributed by atoms with Gasteiger partial charge in [-0.3, -0.25) is 8.97 Å². The summed E-state index contributed by atoms with van der Waals surface area (Å²) < 4.78 is 177. The fourth-order valence-corrected chi connectivity index (χ4v) is 18.8. The van der Waals surface area contributed by atoms with Crippen LogP contribution >= 0.6 is 0 Å². The minimum absolute atomic E-state index is 0.191. The zero-order valence-electron chi connectivity index (χ0n) is 48.5.